The number of hydrogen-bond donors (Lipinski definition) is 1. The number of hydrogen-bond acceptors (Lipinski definition) is 8. The minimum atomic E-state index is -0.771. The molecule has 1 aromatic heterocycles. The summed E-state index contributed by atoms with van der Waals surface area (Å²) in [5, 5.41) is 25.4. The lowest BCUT2D eigenvalue weighted by Crippen LogP contribution is -2.20. The molecule has 0 aliphatic rings. The molecular weight excluding hydrogens is 404 g/mol. The van der Waals surface area contributed by atoms with E-state index in [2.05, 4.69) is 10.1 Å². The summed E-state index contributed by atoms with van der Waals surface area (Å²) in [6.07, 6.45) is 1.09. The molecule has 0 saturated carbocycles. The summed E-state index contributed by atoms with van der Waals surface area (Å²) in [4.78, 5) is 27.5. The third kappa shape index (κ3) is 3.69. The molecule has 0 saturated heterocycles. The topological polar surface area (TPSA) is 129 Å². The maximum absolute atomic E-state index is 12.9. The van der Waals surface area contributed by atoms with Crippen molar-refractivity contribution >= 4 is 34.4 Å². The van der Waals surface area contributed by atoms with Crippen LogP contribution in [0.1, 0.15) is 11.4 Å². The molecule has 0 aliphatic heterocycles. The lowest BCUT2D eigenvalue weighted by atomic mass is 10.2. The van der Waals surface area contributed by atoms with Crippen LogP contribution in [0.3, 0.4) is 0 Å². The number of aromatic hydroxyl groups is 1. The molecule has 3 aromatic rings. The van der Waals surface area contributed by atoms with Gasteiger partial charge in [0.05, 0.1) is 36.3 Å². The summed E-state index contributed by atoms with van der Waals surface area (Å²) < 4.78 is 11.4. The number of nitrogens with zero attached hydrogens (tertiary/aromatic N) is 4. The first-order valence-corrected chi connectivity index (χ1v) is 8.51. The number of nitro groups is 1. The Bertz CT molecular complexity index is 1220. The number of phenolic OH excluding ortho intramolecular Hbond substituents is 1. The van der Waals surface area contributed by atoms with Crippen molar-refractivity contribution < 1.29 is 19.5 Å². The van der Waals surface area contributed by atoms with Crippen molar-refractivity contribution in [2.75, 3.05) is 14.2 Å². The zero-order chi connectivity index (χ0) is 21.3. The molecule has 0 unspecified atom stereocenters. The van der Waals surface area contributed by atoms with Crippen LogP contribution < -0.4 is 15.0 Å². The van der Waals surface area contributed by atoms with E-state index in [9.17, 15) is 20.0 Å². The molecule has 0 amide bonds. The monoisotopic (exact) mass is 418 g/mol. The number of ether oxygens (including phenoxy) is 2. The van der Waals surface area contributed by atoms with E-state index in [1.165, 1.54) is 26.4 Å². The zero-order valence-corrected chi connectivity index (χ0v) is 16.3. The Kier molecular flexibility index (Phi) is 5.37. The van der Waals surface area contributed by atoms with Crippen molar-refractivity contribution in [1.29, 1.82) is 0 Å². The molecule has 0 spiro atoms. The lowest BCUT2D eigenvalue weighted by molar-refractivity contribution is -0.385. The van der Waals surface area contributed by atoms with Crippen molar-refractivity contribution in [3.05, 3.63) is 61.1 Å². The van der Waals surface area contributed by atoms with Crippen LogP contribution in [-0.4, -0.2) is 40.1 Å². The van der Waals surface area contributed by atoms with Gasteiger partial charge in [0.15, 0.2) is 11.5 Å². The minimum Gasteiger partial charge on any atom is -0.502 e. The van der Waals surface area contributed by atoms with Gasteiger partial charge in [-0.3, -0.25) is 14.9 Å². The second kappa shape index (κ2) is 7.76. The highest BCUT2D eigenvalue weighted by atomic mass is 35.5. The Morgan fingerprint density at radius 1 is 1.24 bits per heavy atom. The first kappa shape index (κ1) is 20.1. The molecule has 29 heavy (non-hydrogen) atoms. The Labute approximate surface area is 168 Å². The van der Waals surface area contributed by atoms with Crippen LogP contribution in [0.15, 0.2) is 34.2 Å². The maximum atomic E-state index is 12.9. The van der Waals surface area contributed by atoms with Crippen molar-refractivity contribution in [3.63, 3.8) is 0 Å². The predicted octanol–water partition coefficient (Wildman–Crippen LogP) is 2.87. The average molecular weight is 419 g/mol. The molecule has 11 heteroatoms. The highest BCUT2D eigenvalue weighted by molar-refractivity contribution is 6.31. The van der Waals surface area contributed by atoms with Crippen LogP contribution in [0, 0.1) is 17.0 Å². The molecule has 3 rings (SSSR count). The van der Waals surface area contributed by atoms with E-state index >= 15 is 0 Å². The fourth-order valence-corrected chi connectivity index (χ4v) is 2.93. The number of aryl methyl sites for hydroxylation is 1. The standard InChI is InChI=1S/C18H15ClN4O6/c1-9-21-13-7-16(29-3)15(28-2)6-12(13)18(25)22(9)20-8-10-4-11(19)5-14(17(10)24)23(26)27/h4-8,24H,1-3H3. The van der Waals surface area contributed by atoms with Gasteiger partial charge in [0, 0.05) is 22.7 Å². The zero-order valence-electron chi connectivity index (χ0n) is 15.5. The Morgan fingerprint density at radius 3 is 2.52 bits per heavy atom. The van der Waals surface area contributed by atoms with Gasteiger partial charge < -0.3 is 14.6 Å². The van der Waals surface area contributed by atoms with Crippen molar-refractivity contribution in [3.8, 4) is 17.2 Å². The number of benzene rings is 2. The lowest BCUT2D eigenvalue weighted by Gasteiger charge is -2.10. The Morgan fingerprint density at radius 2 is 1.90 bits per heavy atom. The van der Waals surface area contributed by atoms with Crippen LogP contribution in [-0.2, 0) is 0 Å². The largest absolute Gasteiger partial charge is 0.502 e. The minimum absolute atomic E-state index is 0.0251. The number of phenols is 1. The molecule has 2 aromatic carbocycles. The maximum Gasteiger partial charge on any atom is 0.312 e. The third-order valence-electron chi connectivity index (χ3n) is 4.11. The van der Waals surface area contributed by atoms with Crippen LogP contribution >= 0.6 is 11.6 Å². The smallest absolute Gasteiger partial charge is 0.312 e. The number of rotatable bonds is 5. The molecule has 1 heterocycles. The first-order valence-electron chi connectivity index (χ1n) is 8.13. The number of nitro benzene ring substituents is 1. The highest BCUT2D eigenvalue weighted by Crippen LogP contribution is 2.32. The van der Waals surface area contributed by atoms with Crippen LogP contribution in [0.5, 0.6) is 17.2 Å². The quantitative estimate of drug-likeness (QED) is 0.383. The van der Waals surface area contributed by atoms with Gasteiger partial charge >= 0.3 is 5.69 Å². The normalized spacial score (nSPS) is 11.2. The Balaban J connectivity index is 2.16. The molecule has 0 fully saturated rings. The average Bonchev–Trinajstić information content (AvgIpc) is 2.68. The Hall–Kier alpha value is -3.66. The van der Waals surface area contributed by atoms with Gasteiger partial charge in [0.25, 0.3) is 5.56 Å². The highest BCUT2D eigenvalue weighted by Gasteiger charge is 2.18. The molecule has 10 nitrogen and oxygen atoms in total. The summed E-state index contributed by atoms with van der Waals surface area (Å²) in [6.45, 7) is 1.56. The van der Waals surface area contributed by atoms with Crippen LogP contribution in [0.4, 0.5) is 5.69 Å². The summed E-state index contributed by atoms with van der Waals surface area (Å²) in [5.74, 6) is 0.404. The molecule has 150 valence electrons. The molecular formula is C18H15ClN4O6. The van der Waals surface area contributed by atoms with Crippen molar-refractivity contribution in [1.82, 2.24) is 9.66 Å². The molecule has 0 radical (unpaired) electrons. The van der Waals surface area contributed by atoms with Crippen molar-refractivity contribution in [2.24, 2.45) is 5.10 Å². The second-order valence-electron chi connectivity index (χ2n) is 5.86. The van der Waals surface area contributed by atoms with Gasteiger partial charge in [0.2, 0.25) is 5.75 Å². The van der Waals surface area contributed by atoms with Gasteiger partial charge in [-0.25, -0.2) is 4.98 Å². The number of methoxy groups -OCH3 is 2. The van der Waals surface area contributed by atoms with Gasteiger partial charge in [-0.15, -0.1) is 0 Å². The summed E-state index contributed by atoms with van der Waals surface area (Å²) >= 11 is 5.87. The summed E-state index contributed by atoms with van der Waals surface area (Å²) in [6, 6.07) is 5.36. The first-order chi connectivity index (χ1) is 13.8. The fraction of sp³-hybridized carbons (Fsp3) is 0.167. The van der Waals surface area contributed by atoms with Gasteiger partial charge in [-0.2, -0.15) is 9.78 Å². The fourth-order valence-electron chi connectivity index (χ4n) is 2.71. The molecule has 0 aliphatic carbocycles. The van der Waals surface area contributed by atoms with E-state index in [0.29, 0.717) is 17.0 Å². The SMILES string of the molecule is COc1cc2nc(C)n(N=Cc3cc(Cl)cc([N+](=O)[O-])c3O)c(=O)c2cc1OC. The summed E-state index contributed by atoms with van der Waals surface area (Å²) in [7, 11) is 2.91. The second-order valence-corrected chi connectivity index (χ2v) is 6.30. The van der Waals surface area contributed by atoms with Gasteiger partial charge in [0.1, 0.15) is 5.82 Å². The van der Waals surface area contributed by atoms with Crippen molar-refractivity contribution in [2.45, 2.75) is 6.92 Å². The van der Waals surface area contributed by atoms with E-state index < -0.39 is 21.9 Å². The van der Waals surface area contributed by atoms with E-state index in [0.717, 1.165) is 17.0 Å². The van der Waals surface area contributed by atoms with E-state index in [1.54, 1.807) is 13.0 Å². The number of halogens is 1. The molecule has 1 N–H and O–H groups in total. The third-order valence-corrected chi connectivity index (χ3v) is 4.32. The summed E-state index contributed by atoms with van der Waals surface area (Å²) in [5.41, 5.74) is -0.710. The number of fused-ring (bicyclic) bond motifs is 1. The molecule has 0 bridgehead atoms. The van der Waals surface area contributed by atoms with E-state index in [1.807, 2.05) is 0 Å². The van der Waals surface area contributed by atoms with Gasteiger partial charge in [-0.05, 0) is 19.1 Å². The van der Waals surface area contributed by atoms with E-state index in [4.69, 9.17) is 21.1 Å². The van der Waals surface area contributed by atoms with Crippen LogP contribution in [0.25, 0.3) is 10.9 Å². The molecule has 0 atom stereocenters. The van der Waals surface area contributed by atoms with E-state index in [-0.39, 0.29) is 21.8 Å². The van der Waals surface area contributed by atoms with Crippen LogP contribution in [0.2, 0.25) is 5.02 Å². The van der Waals surface area contributed by atoms with Gasteiger partial charge in [-0.1, -0.05) is 11.6 Å². The number of aromatic nitrogens is 2. The predicted molar refractivity (Wildman–Crippen MR) is 107 cm³/mol.